The zero-order valence-corrected chi connectivity index (χ0v) is 21.5. The van der Waals surface area contributed by atoms with Crippen molar-refractivity contribution in [1.29, 1.82) is 0 Å². The molecule has 1 fully saturated rings. The van der Waals surface area contributed by atoms with Crippen LogP contribution in [0.3, 0.4) is 0 Å². The predicted molar refractivity (Wildman–Crippen MR) is 135 cm³/mol. The number of nitrogens with one attached hydrogen (secondary N) is 1. The highest BCUT2D eigenvalue weighted by Gasteiger charge is 2.35. The van der Waals surface area contributed by atoms with Gasteiger partial charge in [-0.1, -0.05) is 27.7 Å². The van der Waals surface area contributed by atoms with Gasteiger partial charge in [-0.15, -0.1) is 13.2 Å². The first kappa shape index (κ1) is 26.8. The van der Waals surface area contributed by atoms with Crippen LogP contribution in [-0.4, -0.2) is 32.0 Å². The number of hydrogen-bond donors (Lipinski definition) is 2. The molecule has 4 rings (SSSR count). The number of hydrogen-bond acceptors (Lipinski definition) is 5. The molecule has 1 aliphatic rings. The Hall–Kier alpha value is -3.30. The maximum absolute atomic E-state index is 12.6. The van der Waals surface area contributed by atoms with Crippen molar-refractivity contribution < 1.29 is 27.8 Å². The minimum absolute atomic E-state index is 0.00662. The van der Waals surface area contributed by atoms with Crippen molar-refractivity contribution in [2.45, 2.75) is 78.6 Å². The Kier molecular flexibility index (Phi) is 7.39. The van der Waals surface area contributed by atoms with E-state index in [-0.39, 0.29) is 23.6 Å². The molecular formula is C27H33F3N4O3. The molecule has 2 aromatic heterocycles. The van der Waals surface area contributed by atoms with Crippen LogP contribution >= 0.6 is 0 Å². The number of halogens is 3. The lowest BCUT2D eigenvalue weighted by Gasteiger charge is -2.40. The highest BCUT2D eigenvalue weighted by atomic mass is 19.4. The number of imidazole rings is 1. The summed E-state index contributed by atoms with van der Waals surface area (Å²) in [5.74, 6) is -0.115. The molecule has 3 aromatic rings. The third-order valence-corrected chi connectivity index (χ3v) is 6.85. The van der Waals surface area contributed by atoms with Crippen LogP contribution in [0.1, 0.15) is 70.7 Å². The Balaban J connectivity index is 1.77. The van der Waals surface area contributed by atoms with Gasteiger partial charge >= 0.3 is 12.3 Å². The second-order valence-electron chi connectivity index (χ2n) is 10.8. The number of aryl methyl sites for hydroxylation is 2. The molecule has 2 N–H and O–H groups in total. The molecule has 0 radical (unpaired) electrons. The van der Waals surface area contributed by atoms with E-state index in [4.69, 9.17) is 15.1 Å². The van der Waals surface area contributed by atoms with Crippen LogP contribution < -0.4 is 10.1 Å². The van der Waals surface area contributed by atoms with Gasteiger partial charge in [0.1, 0.15) is 11.3 Å². The number of rotatable bonds is 8. The number of aliphatic carboxylic acids is 1. The number of nitrogens with zero attached hydrogens (tertiary/aromatic N) is 3. The number of carboxylic acid groups (broad SMARTS) is 1. The molecular weight excluding hydrogens is 485 g/mol. The minimum Gasteiger partial charge on any atom is -0.481 e. The average Bonchev–Trinajstić information content (AvgIpc) is 3.12. The molecule has 7 nitrogen and oxygen atoms in total. The monoisotopic (exact) mass is 518 g/mol. The molecule has 0 amide bonds. The van der Waals surface area contributed by atoms with Gasteiger partial charge in [-0.2, -0.15) is 0 Å². The largest absolute Gasteiger partial charge is 0.573 e. The van der Waals surface area contributed by atoms with E-state index in [2.05, 4.69) is 35.4 Å². The lowest BCUT2D eigenvalue weighted by atomic mass is 9.70. The van der Waals surface area contributed by atoms with Gasteiger partial charge in [0.2, 0.25) is 5.95 Å². The number of ether oxygens (including phenoxy) is 1. The van der Waals surface area contributed by atoms with Gasteiger partial charge in [-0.25, -0.2) is 9.97 Å². The summed E-state index contributed by atoms with van der Waals surface area (Å²) in [7, 11) is 0. The van der Waals surface area contributed by atoms with E-state index < -0.39 is 12.3 Å². The van der Waals surface area contributed by atoms with Gasteiger partial charge < -0.3 is 15.2 Å². The number of pyridine rings is 1. The van der Waals surface area contributed by atoms with Crippen LogP contribution in [0.15, 0.2) is 30.3 Å². The van der Waals surface area contributed by atoms with Crippen LogP contribution in [0.25, 0.3) is 11.2 Å². The van der Waals surface area contributed by atoms with E-state index in [1.807, 2.05) is 13.0 Å². The van der Waals surface area contributed by atoms with E-state index in [0.717, 1.165) is 36.2 Å². The van der Waals surface area contributed by atoms with Crippen LogP contribution in [0.5, 0.6) is 5.75 Å². The molecule has 2 heterocycles. The van der Waals surface area contributed by atoms with Gasteiger partial charge in [-0.05, 0) is 79.3 Å². The van der Waals surface area contributed by atoms with Gasteiger partial charge in [-0.3, -0.25) is 9.36 Å². The topological polar surface area (TPSA) is 89.3 Å². The number of carboxylic acids is 1. The lowest BCUT2D eigenvalue weighted by molar-refractivity contribution is -0.274. The molecule has 1 aliphatic carbocycles. The number of carbonyl (C=O) groups is 1. The quantitative estimate of drug-likeness (QED) is 0.332. The Bertz CT molecular complexity index is 1270. The molecule has 1 aromatic carbocycles. The molecule has 10 heteroatoms. The molecule has 0 saturated heterocycles. The third-order valence-electron chi connectivity index (χ3n) is 6.85. The molecule has 0 spiro atoms. The summed E-state index contributed by atoms with van der Waals surface area (Å²) in [6.45, 7) is 8.76. The Morgan fingerprint density at radius 3 is 2.51 bits per heavy atom. The lowest BCUT2D eigenvalue weighted by Crippen LogP contribution is -2.30. The molecule has 200 valence electrons. The summed E-state index contributed by atoms with van der Waals surface area (Å²) < 4.78 is 43.8. The van der Waals surface area contributed by atoms with Gasteiger partial charge in [0, 0.05) is 23.8 Å². The summed E-state index contributed by atoms with van der Waals surface area (Å²) in [6.07, 6.45) is -0.726. The third kappa shape index (κ3) is 6.53. The number of aromatic nitrogens is 3. The second-order valence-corrected chi connectivity index (χ2v) is 10.8. The highest BCUT2D eigenvalue weighted by molar-refractivity contribution is 5.78. The normalized spacial score (nSPS) is 19.6. The molecule has 37 heavy (non-hydrogen) atoms. The van der Waals surface area contributed by atoms with Crippen molar-refractivity contribution in [2.75, 3.05) is 5.32 Å². The standard InChI is InChI=1S/C27H33F3N4O3/c1-5-21-17(6-11-23(35)36)13-22-24(32-21)34(19-12-16(2)14-26(3,4)15-19)25(33-22)31-18-7-9-20(10-8-18)37-27(28,29)30/h7-10,13,16,19H,5-6,11-12,14-15H2,1-4H3,(H,31,33)(H,35,36)/t16-,19+/m0/s1. The molecule has 0 bridgehead atoms. The average molecular weight is 519 g/mol. The first-order chi connectivity index (χ1) is 17.3. The Morgan fingerprint density at radius 1 is 1.22 bits per heavy atom. The van der Waals surface area contributed by atoms with Crippen molar-refractivity contribution in [3.8, 4) is 5.75 Å². The Labute approximate surface area is 214 Å². The molecule has 1 saturated carbocycles. The predicted octanol–water partition coefficient (Wildman–Crippen LogP) is 7.04. The fourth-order valence-corrected chi connectivity index (χ4v) is 5.66. The van der Waals surface area contributed by atoms with E-state index in [1.54, 1.807) is 0 Å². The smallest absolute Gasteiger partial charge is 0.481 e. The van der Waals surface area contributed by atoms with Crippen molar-refractivity contribution in [1.82, 2.24) is 14.5 Å². The number of fused-ring (bicyclic) bond motifs is 1. The van der Waals surface area contributed by atoms with Crippen LogP contribution in [0.4, 0.5) is 24.8 Å². The molecule has 0 aliphatic heterocycles. The number of benzene rings is 1. The minimum atomic E-state index is -4.76. The Morgan fingerprint density at radius 2 is 1.92 bits per heavy atom. The maximum atomic E-state index is 12.6. The SMILES string of the molecule is CCc1nc2c(cc1CCC(=O)O)nc(Nc1ccc(OC(F)(F)F)cc1)n2[C@@H]1C[C@H](C)CC(C)(C)C1. The zero-order valence-electron chi connectivity index (χ0n) is 21.5. The van der Waals surface area contributed by atoms with Crippen molar-refractivity contribution in [3.63, 3.8) is 0 Å². The summed E-state index contributed by atoms with van der Waals surface area (Å²) in [6, 6.07) is 7.59. The van der Waals surface area contributed by atoms with Gasteiger partial charge in [0.25, 0.3) is 0 Å². The van der Waals surface area contributed by atoms with Gasteiger partial charge in [0.15, 0.2) is 5.65 Å². The van der Waals surface area contributed by atoms with Gasteiger partial charge in [0.05, 0.1) is 0 Å². The van der Waals surface area contributed by atoms with Crippen molar-refractivity contribution in [3.05, 3.63) is 41.6 Å². The van der Waals surface area contributed by atoms with Crippen LogP contribution in [0.2, 0.25) is 0 Å². The highest BCUT2D eigenvalue weighted by Crippen LogP contribution is 2.46. The second kappa shape index (κ2) is 10.2. The summed E-state index contributed by atoms with van der Waals surface area (Å²) in [4.78, 5) is 21.0. The molecule has 2 atom stereocenters. The summed E-state index contributed by atoms with van der Waals surface area (Å²) in [5, 5.41) is 12.4. The summed E-state index contributed by atoms with van der Waals surface area (Å²) in [5.41, 5.74) is 3.79. The number of alkyl halides is 3. The zero-order chi connectivity index (χ0) is 27.0. The van der Waals surface area contributed by atoms with Crippen molar-refractivity contribution >= 4 is 28.8 Å². The maximum Gasteiger partial charge on any atom is 0.573 e. The first-order valence-electron chi connectivity index (χ1n) is 12.6. The van der Waals surface area contributed by atoms with E-state index in [9.17, 15) is 18.0 Å². The first-order valence-corrected chi connectivity index (χ1v) is 12.6. The van der Waals surface area contributed by atoms with Crippen molar-refractivity contribution in [2.24, 2.45) is 11.3 Å². The van der Waals surface area contributed by atoms with E-state index >= 15 is 0 Å². The fourth-order valence-electron chi connectivity index (χ4n) is 5.66. The fraction of sp³-hybridized carbons (Fsp3) is 0.519. The number of anilines is 2. The van der Waals surface area contributed by atoms with Crippen LogP contribution in [0, 0.1) is 11.3 Å². The van der Waals surface area contributed by atoms with E-state index in [1.165, 1.54) is 24.3 Å². The van der Waals surface area contributed by atoms with Crippen LogP contribution in [-0.2, 0) is 17.6 Å². The van der Waals surface area contributed by atoms with E-state index in [0.29, 0.717) is 35.9 Å². The summed E-state index contributed by atoms with van der Waals surface area (Å²) >= 11 is 0. The molecule has 0 unspecified atom stereocenters.